The molecule has 0 spiro atoms. The number of halogens is 9. The Bertz CT molecular complexity index is 1120. The highest BCUT2D eigenvalue weighted by Crippen LogP contribution is 2.38. The van der Waals surface area contributed by atoms with Gasteiger partial charge in [0.15, 0.2) is 0 Å². The summed E-state index contributed by atoms with van der Waals surface area (Å²) in [7, 11) is 0. The van der Waals surface area contributed by atoms with Gasteiger partial charge in [0, 0.05) is 13.4 Å². The third-order valence-electron chi connectivity index (χ3n) is 4.58. The predicted octanol–water partition coefficient (Wildman–Crippen LogP) is 7.13. The maximum absolute atomic E-state index is 13.7. The maximum Gasteiger partial charge on any atom is 0.405 e. The number of amides is 2. The molecule has 13 heteroatoms. The van der Waals surface area contributed by atoms with Gasteiger partial charge < -0.3 is 10.6 Å². The zero-order valence-electron chi connectivity index (χ0n) is 17.7. The van der Waals surface area contributed by atoms with Gasteiger partial charge in [0.1, 0.15) is 12.6 Å². The number of alkyl halides is 6. The normalized spacial score (nSPS) is 14.0. The molecular formula is C22H17Br3F6N2O2. The highest BCUT2D eigenvalue weighted by Gasteiger charge is 2.39. The highest BCUT2D eigenvalue weighted by atomic mass is 79.9. The van der Waals surface area contributed by atoms with E-state index in [1.54, 1.807) is 5.32 Å². The molecule has 0 bridgehead atoms. The first-order valence-corrected chi connectivity index (χ1v) is 12.1. The third kappa shape index (κ3) is 8.94. The molecule has 2 amide bonds. The van der Waals surface area contributed by atoms with Gasteiger partial charge in [0.05, 0.1) is 11.5 Å². The van der Waals surface area contributed by atoms with Crippen molar-refractivity contribution in [1.82, 2.24) is 10.6 Å². The summed E-state index contributed by atoms with van der Waals surface area (Å²) in [6.45, 7) is -0.320. The lowest BCUT2D eigenvalue weighted by molar-refractivity contribution is -0.139. The molecule has 2 aromatic rings. The maximum atomic E-state index is 13.7. The minimum atomic E-state index is -4.59. The zero-order valence-corrected chi connectivity index (χ0v) is 22.5. The topological polar surface area (TPSA) is 58.2 Å². The number of allylic oxidation sites excluding steroid dienone is 1. The first-order chi connectivity index (χ1) is 16.1. The minimum Gasteiger partial charge on any atom is -0.345 e. The summed E-state index contributed by atoms with van der Waals surface area (Å²) >= 11 is 9.57. The van der Waals surface area contributed by atoms with Crippen LogP contribution in [0.5, 0.6) is 0 Å². The van der Waals surface area contributed by atoms with Crippen LogP contribution in [0.2, 0.25) is 0 Å². The fourth-order valence-electron chi connectivity index (χ4n) is 2.82. The van der Waals surface area contributed by atoms with Gasteiger partial charge in [-0.25, -0.2) is 0 Å². The Morgan fingerprint density at radius 1 is 0.943 bits per heavy atom. The molecule has 0 saturated carbocycles. The zero-order chi connectivity index (χ0) is 26.6. The van der Waals surface area contributed by atoms with Crippen molar-refractivity contribution in [1.29, 1.82) is 0 Å². The van der Waals surface area contributed by atoms with Crippen LogP contribution in [0.1, 0.15) is 34.3 Å². The Labute approximate surface area is 221 Å². The molecule has 0 saturated heterocycles. The van der Waals surface area contributed by atoms with Crippen LogP contribution in [0.4, 0.5) is 26.3 Å². The molecule has 0 radical (unpaired) electrons. The Morgan fingerprint density at radius 3 is 2.14 bits per heavy atom. The molecule has 0 aliphatic carbocycles. The summed E-state index contributed by atoms with van der Waals surface area (Å²) < 4.78 is 79.0. The van der Waals surface area contributed by atoms with E-state index in [0.717, 1.165) is 6.08 Å². The Kier molecular flexibility index (Phi) is 10.0. The smallest absolute Gasteiger partial charge is 0.345 e. The van der Waals surface area contributed by atoms with E-state index in [4.69, 9.17) is 0 Å². The summed E-state index contributed by atoms with van der Waals surface area (Å²) in [6, 6.07) is 7.09. The van der Waals surface area contributed by atoms with Gasteiger partial charge in [-0.2, -0.15) is 26.3 Å². The van der Waals surface area contributed by atoms with Gasteiger partial charge in [0.25, 0.3) is 5.91 Å². The van der Waals surface area contributed by atoms with Crippen molar-refractivity contribution < 1.29 is 35.9 Å². The second-order valence-electron chi connectivity index (χ2n) is 7.32. The Hall–Kier alpha value is -1.86. The molecular weight excluding hydrogens is 678 g/mol. The number of carbonyl (C=O) groups is 2. The van der Waals surface area contributed by atoms with E-state index in [1.807, 2.05) is 0 Å². The van der Waals surface area contributed by atoms with Gasteiger partial charge in [-0.1, -0.05) is 24.3 Å². The van der Waals surface area contributed by atoms with E-state index in [1.165, 1.54) is 49.4 Å². The summed E-state index contributed by atoms with van der Waals surface area (Å²) in [5, 5.41) is 3.94. The predicted molar refractivity (Wildman–Crippen MR) is 130 cm³/mol. The SMILES string of the molecule is CC(NC(=O)c1ccc(/C=C/C(c2ccc(Br)c(Br)c2)C(F)(F)F)cc1Br)C(=O)NCC(F)(F)F. The molecule has 2 aromatic carbocycles. The third-order valence-corrected chi connectivity index (χ3v) is 7.11. The van der Waals surface area contributed by atoms with E-state index in [-0.39, 0.29) is 15.6 Å². The fraction of sp³-hybridized carbons (Fsp3) is 0.273. The average Bonchev–Trinajstić information content (AvgIpc) is 2.73. The molecule has 0 heterocycles. The van der Waals surface area contributed by atoms with Crippen LogP contribution in [-0.4, -0.2) is 36.8 Å². The van der Waals surface area contributed by atoms with Gasteiger partial charge >= 0.3 is 12.4 Å². The number of hydrogen-bond donors (Lipinski definition) is 2. The summed E-state index contributed by atoms with van der Waals surface area (Å²) in [5.74, 6) is -3.66. The fourth-order valence-corrected chi connectivity index (χ4v) is 4.04. The second kappa shape index (κ2) is 11.9. The molecule has 2 rings (SSSR count). The standard InChI is InChI=1S/C22H17Br3F6N2O2/c1-11(19(34)32-10-21(26,27)28)33-20(35)14-5-2-12(8-17(14)24)3-6-15(22(29,30)31)13-4-7-16(23)18(25)9-13/h2-9,11,15H,10H2,1H3,(H,32,34)(H,33,35)/b6-3+. The molecule has 2 N–H and O–H groups in total. The summed E-state index contributed by atoms with van der Waals surface area (Å²) in [4.78, 5) is 24.2. The number of nitrogens with one attached hydrogen (secondary N) is 2. The lowest BCUT2D eigenvalue weighted by atomic mass is 9.97. The van der Waals surface area contributed by atoms with Crippen LogP contribution < -0.4 is 10.6 Å². The highest BCUT2D eigenvalue weighted by molar-refractivity contribution is 9.13. The number of benzene rings is 2. The molecule has 0 aliphatic heterocycles. The molecule has 0 fully saturated rings. The molecule has 0 aliphatic rings. The first-order valence-electron chi connectivity index (χ1n) is 9.73. The average molecular weight is 695 g/mol. The van der Waals surface area contributed by atoms with E-state index < -0.39 is 42.7 Å². The van der Waals surface area contributed by atoms with Crippen molar-refractivity contribution in [3.8, 4) is 0 Å². The van der Waals surface area contributed by atoms with Crippen molar-refractivity contribution in [3.63, 3.8) is 0 Å². The quantitative estimate of drug-likeness (QED) is 0.303. The summed E-state index contributed by atoms with van der Waals surface area (Å²) in [6.07, 6.45) is -6.90. The van der Waals surface area contributed by atoms with E-state index >= 15 is 0 Å². The summed E-state index contributed by atoms with van der Waals surface area (Å²) in [5.41, 5.74) is 0.424. The van der Waals surface area contributed by atoms with Crippen molar-refractivity contribution in [2.75, 3.05) is 6.54 Å². The van der Waals surface area contributed by atoms with E-state index in [0.29, 0.717) is 14.5 Å². The van der Waals surface area contributed by atoms with Crippen molar-refractivity contribution in [2.24, 2.45) is 0 Å². The van der Waals surface area contributed by atoms with Gasteiger partial charge in [0.2, 0.25) is 5.91 Å². The molecule has 0 aromatic heterocycles. The van der Waals surface area contributed by atoms with Crippen LogP contribution in [0.3, 0.4) is 0 Å². The van der Waals surface area contributed by atoms with Gasteiger partial charge in [-0.05, 0) is 90.1 Å². The van der Waals surface area contributed by atoms with Gasteiger partial charge in [-0.15, -0.1) is 0 Å². The molecule has 2 unspecified atom stereocenters. The molecule has 190 valence electrons. The molecule has 35 heavy (non-hydrogen) atoms. The largest absolute Gasteiger partial charge is 0.405 e. The number of rotatable bonds is 7. The van der Waals surface area contributed by atoms with Gasteiger partial charge in [-0.3, -0.25) is 9.59 Å². The van der Waals surface area contributed by atoms with E-state index in [9.17, 15) is 35.9 Å². The first kappa shape index (κ1) is 29.4. The van der Waals surface area contributed by atoms with Crippen LogP contribution >= 0.6 is 47.8 Å². The van der Waals surface area contributed by atoms with Crippen molar-refractivity contribution in [3.05, 3.63) is 72.6 Å². The molecule has 2 atom stereocenters. The van der Waals surface area contributed by atoms with Crippen molar-refractivity contribution in [2.45, 2.75) is 31.2 Å². The lowest BCUT2D eigenvalue weighted by Crippen LogP contribution is -2.47. The number of carbonyl (C=O) groups excluding carboxylic acids is 2. The number of hydrogen-bond acceptors (Lipinski definition) is 2. The van der Waals surface area contributed by atoms with E-state index in [2.05, 4.69) is 53.1 Å². The lowest BCUT2D eigenvalue weighted by Gasteiger charge is -2.18. The van der Waals surface area contributed by atoms with Crippen LogP contribution in [-0.2, 0) is 4.79 Å². The van der Waals surface area contributed by atoms with Crippen molar-refractivity contribution >= 4 is 65.7 Å². The van der Waals surface area contributed by atoms with Crippen LogP contribution in [0, 0.1) is 0 Å². The monoisotopic (exact) mass is 692 g/mol. The van der Waals surface area contributed by atoms with Crippen LogP contribution in [0.15, 0.2) is 55.9 Å². The Balaban J connectivity index is 2.16. The Morgan fingerprint density at radius 2 is 1.60 bits per heavy atom. The minimum absolute atomic E-state index is 0.0247. The molecule has 4 nitrogen and oxygen atoms in total. The second-order valence-corrected chi connectivity index (χ2v) is 9.88. The van der Waals surface area contributed by atoms with Crippen LogP contribution in [0.25, 0.3) is 6.08 Å².